The number of fused-ring (bicyclic) bond motifs is 1. The summed E-state index contributed by atoms with van der Waals surface area (Å²) < 4.78 is 27.2. The fourth-order valence-corrected chi connectivity index (χ4v) is 4.20. The van der Waals surface area contributed by atoms with Gasteiger partial charge in [0.15, 0.2) is 5.13 Å². The number of halogens is 2. The van der Waals surface area contributed by atoms with Gasteiger partial charge in [0, 0.05) is 10.9 Å². The van der Waals surface area contributed by atoms with Gasteiger partial charge in [-0.1, -0.05) is 12.2 Å². The molecule has 4 rings (SSSR count). The summed E-state index contributed by atoms with van der Waals surface area (Å²) in [5.41, 5.74) is 0.168. The van der Waals surface area contributed by atoms with Gasteiger partial charge in [-0.05, 0) is 31.0 Å². The van der Waals surface area contributed by atoms with Crippen LogP contribution in [-0.4, -0.2) is 34.2 Å². The number of carbonyl (C=O) groups is 3. The van der Waals surface area contributed by atoms with Gasteiger partial charge in [-0.2, -0.15) is 0 Å². The maximum Gasteiger partial charge on any atom is 0.246 e. The quantitative estimate of drug-likeness (QED) is 0.629. The van der Waals surface area contributed by atoms with Crippen molar-refractivity contribution < 1.29 is 23.2 Å². The zero-order chi connectivity index (χ0) is 19.8. The summed E-state index contributed by atoms with van der Waals surface area (Å²) in [6.07, 6.45) is 4.75. The highest BCUT2D eigenvalue weighted by Gasteiger charge is 2.47. The molecule has 0 saturated carbocycles. The van der Waals surface area contributed by atoms with E-state index < -0.39 is 35.9 Å². The fourth-order valence-electron chi connectivity index (χ4n) is 3.48. The molecule has 0 spiro atoms. The monoisotopic (exact) mass is 403 g/mol. The predicted octanol–water partition coefficient (Wildman–Crippen LogP) is 2.98. The Labute approximate surface area is 162 Å². The first-order valence-corrected chi connectivity index (χ1v) is 9.53. The topological polar surface area (TPSA) is 79.4 Å². The third-order valence-corrected chi connectivity index (χ3v) is 5.61. The standard InChI is InChI=1S/C19H15F2N3O3S/c20-10-5-6-14(21)13(7-10)15-9-28-19(22-15)23-16(25)8-24-17(26)11-3-1-2-4-12(11)18(24)27/h1-2,5-7,9,11-12H,3-4,8H2,(H,22,23,25)/t11-,12-/m0/s1. The normalized spacial score (nSPS) is 21.1. The summed E-state index contributed by atoms with van der Waals surface area (Å²) in [6.45, 7) is -0.395. The second-order valence-electron chi connectivity index (χ2n) is 6.63. The Morgan fingerprint density at radius 2 is 1.86 bits per heavy atom. The van der Waals surface area contributed by atoms with Crippen LogP contribution in [0.1, 0.15) is 12.8 Å². The Morgan fingerprint density at radius 1 is 1.18 bits per heavy atom. The molecule has 2 aliphatic rings. The Bertz CT molecular complexity index is 978. The molecule has 1 aliphatic heterocycles. The lowest BCUT2D eigenvalue weighted by atomic mass is 9.85. The van der Waals surface area contributed by atoms with Crippen LogP contribution in [0.3, 0.4) is 0 Å². The minimum absolute atomic E-state index is 0.0155. The zero-order valence-corrected chi connectivity index (χ0v) is 15.3. The summed E-state index contributed by atoms with van der Waals surface area (Å²) in [6, 6.07) is 3.03. The van der Waals surface area contributed by atoms with Gasteiger partial charge in [-0.15, -0.1) is 11.3 Å². The van der Waals surface area contributed by atoms with Crippen LogP contribution in [0.4, 0.5) is 13.9 Å². The number of carbonyl (C=O) groups excluding carboxylic acids is 3. The van der Waals surface area contributed by atoms with Crippen molar-refractivity contribution in [3.8, 4) is 11.3 Å². The first-order chi connectivity index (χ1) is 13.4. The average Bonchev–Trinajstić information content (AvgIpc) is 3.23. The molecule has 144 valence electrons. The molecule has 1 saturated heterocycles. The van der Waals surface area contributed by atoms with E-state index in [-0.39, 0.29) is 28.2 Å². The Hall–Kier alpha value is -2.94. The van der Waals surface area contributed by atoms with Gasteiger partial charge in [-0.3, -0.25) is 19.3 Å². The van der Waals surface area contributed by atoms with Gasteiger partial charge < -0.3 is 5.32 Å². The second-order valence-corrected chi connectivity index (χ2v) is 7.49. The van der Waals surface area contributed by atoms with Gasteiger partial charge in [0.1, 0.15) is 18.2 Å². The van der Waals surface area contributed by atoms with Gasteiger partial charge in [0.05, 0.1) is 17.5 Å². The number of thiazole rings is 1. The molecule has 2 heterocycles. The Morgan fingerprint density at radius 3 is 2.54 bits per heavy atom. The van der Waals surface area contributed by atoms with Crippen molar-refractivity contribution >= 4 is 34.2 Å². The molecule has 0 radical (unpaired) electrons. The number of rotatable bonds is 4. The highest BCUT2D eigenvalue weighted by atomic mass is 32.1. The number of allylic oxidation sites excluding steroid dienone is 2. The van der Waals surface area contributed by atoms with Crippen molar-refractivity contribution in [1.82, 2.24) is 9.88 Å². The minimum atomic E-state index is -0.631. The summed E-state index contributed by atoms with van der Waals surface area (Å²) in [5.74, 6) is -3.27. The second kappa shape index (κ2) is 7.23. The molecular formula is C19H15F2N3O3S. The minimum Gasteiger partial charge on any atom is -0.300 e. The van der Waals surface area contributed by atoms with Crippen molar-refractivity contribution in [2.75, 3.05) is 11.9 Å². The molecule has 1 N–H and O–H groups in total. The smallest absolute Gasteiger partial charge is 0.246 e. The lowest BCUT2D eigenvalue weighted by Crippen LogP contribution is -2.38. The van der Waals surface area contributed by atoms with E-state index in [1.54, 1.807) is 0 Å². The number of benzene rings is 1. The van der Waals surface area contributed by atoms with Gasteiger partial charge in [0.2, 0.25) is 17.7 Å². The van der Waals surface area contributed by atoms with Gasteiger partial charge in [0.25, 0.3) is 0 Å². The van der Waals surface area contributed by atoms with Crippen molar-refractivity contribution in [3.63, 3.8) is 0 Å². The van der Waals surface area contributed by atoms with E-state index in [0.29, 0.717) is 12.8 Å². The maximum absolute atomic E-state index is 13.9. The van der Waals surface area contributed by atoms with Crippen molar-refractivity contribution in [2.24, 2.45) is 11.8 Å². The van der Waals surface area contributed by atoms with Crippen LogP contribution in [0.2, 0.25) is 0 Å². The number of likely N-dealkylation sites (tertiary alicyclic amines) is 1. The first-order valence-electron chi connectivity index (χ1n) is 8.65. The number of nitrogens with zero attached hydrogens (tertiary/aromatic N) is 2. The number of anilines is 1. The lowest BCUT2D eigenvalue weighted by Gasteiger charge is -2.14. The molecule has 3 amide bonds. The largest absolute Gasteiger partial charge is 0.300 e. The van der Waals surface area contributed by atoms with E-state index in [1.807, 2.05) is 12.2 Å². The van der Waals surface area contributed by atoms with E-state index in [1.165, 1.54) is 5.38 Å². The molecule has 1 aromatic heterocycles. The van der Waals surface area contributed by atoms with Gasteiger partial charge in [-0.25, -0.2) is 13.8 Å². The van der Waals surface area contributed by atoms with Crippen LogP contribution in [-0.2, 0) is 14.4 Å². The van der Waals surface area contributed by atoms with Crippen LogP contribution < -0.4 is 5.32 Å². The summed E-state index contributed by atoms with van der Waals surface area (Å²) >= 11 is 1.04. The zero-order valence-electron chi connectivity index (χ0n) is 14.5. The third kappa shape index (κ3) is 3.33. The molecule has 9 heteroatoms. The van der Waals surface area contributed by atoms with Crippen LogP contribution in [0.5, 0.6) is 0 Å². The highest BCUT2D eigenvalue weighted by Crippen LogP contribution is 2.35. The number of amides is 3. The number of aromatic nitrogens is 1. The van der Waals surface area contributed by atoms with E-state index in [0.717, 1.165) is 34.4 Å². The Balaban J connectivity index is 1.44. The summed E-state index contributed by atoms with van der Waals surface area (Å²) in [7, 11) is 0. The van der Waals surface area contributed by atoms with Crippen LogP contribution in [0, 0.1) is 23.5 Å². The van der Waals surface area contributed by atoms with Crippen molar-refractivity contribution in [1.29, 1.82) is 0 Å². The molecule has 1 aromatic carbocycles. The van der Waals surface area contributed by atoms with Crippen molar-refractivity contribution in [2.45, 2.75) is 12.8 Å². The molecule has 28 heavy (non-hydrogen) atoms. The molecule has 1 aliphatic carbocycles. The SMILES string of the molecule is O=C(CN1C(=O)[C@H]2CC=CC[C@@H]2C1=O)Nc1nc(-c2cc(F)ccc2F)cs1. The van der Waals surface area contributed by atoms with Gasteiger partial charge >= 0.3 is 0 Å². The molecule has 0 unspecified atom stereocenters. The molecule has 2 aromatic rings. The number of hydrogen-bond donors (Lipinski definition) is 1. The summed E-state index contributed by atoms with van der Waals surface area (Å²) in [4.78, 5) is 42.2. The average molecular weight is 403 g/mol. The van der Waals surface area contributed by atoms with Crippen molar-refractivity contribution in [3.05, 3.63) is 47.4 Å². The predicted molar refractivity (Wildman–Crippen MR) is 98.2 cm³/mol. The number of imide groups is 1. The van der Waals surface area contributed by atoms with E-state index in [2.05, 4.69) is 10.3 Å². The van der Waals surface area contributed by atoms with E-state index in [4.69, 9.17) is 0 Å². The van der Waals surface area contributed by atoms with Crippen LogP contribution >= 0.6 is 11.3 Å². The number of nitrogens with one attached hydrogen (secondary N) is 1. The highest BCUT2D eigenvalue weighted by molar-refractivity contribution is 7.14. The third-order valence-electron chi connectivity index (χ3n) is 4.86. The first kappa shape index (κ1) is 18.4. The molecule has 6 nitrogen and oxygen atoms in total. The Kier molecular flexibility index (Phi) is 4.76. The molecular weight excluding hydrogens is 388 g/mol. The molecule has 0 bridgehead atoms. The fraction of sp³-hybridized carbons (Fsp3) is 0.263. The maximum atomic E-state index is 13.9. The van der Waals surface area contributed by atoms with E-state index >= 15 is 0 Å². The summed E-state index contributed by atoms with van der Waals surface area (Å²) in [5, 5.41) is 4.16. The number of hydrogen-bond acceptors (Lipinski definition) is 5. The van der Waals surface area contributed by atoms with Crippen LogP contribution in [0.15, 0.2) is 35.7 Å². The lowest BCUT2D eigenvalue weighted by molar-refractivity contribution is -0.142. The molecule has 1 fully saturated rings. The van der Waals surface area contributed by atoms with Crippen LogP contribution in [0.25, 0.3) is 11.3 Å². The molecule has 2 atom stereocenters. The van der Waals surface area contributed by atoms with E-state index in [9.17, 15) is 23.2 Å².